The first-order chi connectivity index (χ1) is 14.6. The lowest BCUT2D eigenvalue weighted by Gasteiger charge is -2.18. The van der Waals surface area contributed by atoms with Gasteiger partial charge < -0.3 is 24.4 Å². The molecular formula is C20H21N3O6S. The predicted octanol–water partition coefficient (Wildman–Crippen LogP) is 3.86. The Balaban J connectivity index is 1.49. The number of aromatic nitrogens is 2. The topological polar surface area (TPSA) is 124 Å². The van der Waals surface area contributed by atoms with Crippen molar-refractivity contribution in [1.82, 2.24) is 10.1 Å². The Hall–Kier alpha value is -2.72. The second-order valence-electron chi connectivity index (χ2n) is 7.67. The second-order valence-corrected chi connectivity index (χ2v) is 8.78. The molecule has 3 heterocycles. The minimum atomic E-state index is -1.47. The largest absolute Gasteiger partial charge is 0.511 e. The Labute approximate surface area is 176 Å². The van der Waals surface area contributed by atoms with Crippen LogP contribution in [0.4, 0.5) is 9.80 Å². The van der Waals surface area contributed by atoms with E-state index in [-0.39, 0.29) is 24.4 Å². The monoisotopic (exact) mass is 431 g/mol. The van der Waals surface area contributed by atoms with Crippen LogP contribution in [0, 0.1) is 0 Å². The molecule has 0 bridgehead atoms. The number of hydrogen-bond acceptors (Lipinski definition) is 8. The lowest BCUT2D eigenvalue weighted by atomic mass is 9.95. The van der Waals surface area contributed by atoms with Gasteiger partial charge in [-0.05, 0) is 44.1 Å². The quantitative estimate of drug-likeness (QED) is 0.684. The molecular weight excluding hydrogens is 410 g/mol. The third kappa shape index (κ3) is 3.72. The van der Waals surface area contributed by atoms with Gasteiger partial charge in [-0.3, -0.25) is 4.79 Å². The number of carbonyl (C=O) groups is 2. The number of aryl methyl sites for hydroxylation is 1. The molecule has 5 rings (SSSR count). The van der Waals surface area contributed by atoms with Crippen molar-refractivity contribution in [2.45, 2.75) is 50.9 Å². The molecule has 0 spiro atoms. The van der Waals surface area contributed by atoms with Gasteiger partial charge in [-0.1, -0.05) is 5.16 Å². The number of carboxylic acid groups (broad SMARTS) is 1. The van der Waals surface area contributed by atoms with E-state index in [0.717, 1.165) is 55.5 Å². The van der Waals surface area contributed by atoms with Crippen LogP contribution in [0.1, 0.15) is 54.3 Å². The molecule has 0 radical (unpaired) electrons. The minimum Gasteiger partial charge on any atom is -0.449 e. The normalized spacial score (nSPS) is 18.8. The molecule has 3 aliphatic rings. The van der Waals surface area contributed by atoms with Crippen LogP contribution in [0.5, 0.6) is 0 Å². The van der Waals surface area contributed by atoms with Crippen LogP contribution in [0.3, 0.4) is 0 Å². The van der Waals surface area contributed by atoms with Gasteiger partial charge in [-0.25, -0.2) is 4.79 Å². The molecule has 2 aliphatic carbocycles. The van der Waals surface area contributed by atoms with E-state index in [2.05, 4.69) is 15.5 Å². The highest BCUT2D eigenvalue weighted by Gasteiger charge is 2.32. The molecule has 0 saturated heterocycles. The van der Waals surface area contributed by atoms with Crippen molar-refractivity contribution in [3.05, 3.63) is 27.6 Å². The number of carbonyl (C=O) groups excluding carboxylic acids is 1. The minimum absolute atomic E-state index is 0.0305. The number of nitrogens with zero attached hydrogens (tertiary/aromatic N) is 2. The second kappa shape index (κ2) is 7.84. The highest BCUT2D eigenvalue weighted by Crippen LogP contribution is 2.45. The van der Waals surface area contributed by atoms with Crippen LogP contribution < -0.4 is 5.32 Å². The van der Waals surface area contributed by atoms with Crippen LogP contribution >= 0.6 is 11.3 Å². The van der Waals surface area contributed by atoms with Crippen molar-refractivity contribution in [1.29, 1.82) is 0 Å². The van der Waals surface area contributed by atoms with Gasteiger partial charge in [0.2, 0.25) is 0 Å². The molecule has 0 atom stereocenters. The summed E-state index contributed by atoms with van der Waals surface area (Å²) in [5.74, 6) is 1.18. The van der Waals surface area contributed by atoms with E-state index >= 15 is 0 Å². The molecule has 158 valence electrons. The standard InChI is InChI=1S/C20H21N3O6S/c24-17(11-7-8-27-9-13(11)28-20(25)26)22-19-15(12-3-1-2-4-14(12)30-19)18-21-16(23-29-18)10-5-6-10/h10H,1-9H2,(H,22,24)(H,25,26). The lowest BCUT2D eigenvalue weighted by Crippen LogP contribution is -2.24. The zero-order valence-corrected chi connectivity index (χ0v) is 17.0. The number of nitrogens with one attached hydrogen (secondary N) is 1. The van der Waals surface area contributed by atoms with Gasteiger partial charge in [0.15, 0.2) is 5.82 Å². The zero-order valence-electron chi connectivity index (χ0n) is 16.2. The summed E-state index contributed by atoms with van der Waals surface area (Å²) in [7, 11) is 0. The summed E-state index contributed by atoms with van der Waals surface area (Å²) in [6, 6.07) is 0. The van der Waals surface area contributed by atoms with Crippen molar-refractivity contribution in [3.63, 3.8) is 0 Å². The molecule has 30 heavy (non-hydrogen) atoms. The fourth-order valence-electron chi connectivity index (χ4n) is 3.90. The fourth-order valence-corrected chi connectivity index (χ4v) is 5.18. The number of fused-ring (bicyclic) bond motifs is 1. The average molecular weight is 431 g/mol. The third-order valence-electron chi connectivity index (χ3n) is 5.55. The number of anilines is 1. The smallest absolute Gasteiger partial charge is 0.449 e. The summed E-state index contributed by atoms with van der Waals surface area (Å²) in [6.07, 6.45) is 5.01. The van der Waals surface area contributed by atoms with Crippen molar-refractivity contribution in [2.24, 2.45) is 0 Å². The van der Waals surface area contributed by atoms with Crippen molar-refractivity contribution in [3.8, 4) is 11.5 Å². The zero-order chi connectivity index (χ0) is 20.7. The van der Waals surface area contributed by atoms with Crippen LogP contribution in [0.15, 0.2) is 15.9 Å². The number of hydrogen-bond donors (Lipinski definition) is 2. The van der Waals surface area contributed by atoms with Gasteiger partial charge in [0, 0.05) is 17.2 Å². The maximum atomic E-state index is 13.0. The van der Waals surface area contributed by atoms with Gasteiger partial charge in [0.25, 0.3) is 11.8 Å². The Morgan fingerprint density at radius 1 is 1.20 bits per heavy atom. The van der Waals surface area contributed by atoms with E-state index < -0.39 is 12.1 Å². The SMILES string of the molecule is O=C(O)OC1=C(C(=O)Nc2sc3c(c2-c2nc(C4CC4)no2)CCCC3)CCOC1. The summed E-state index contributed by atoms with van der Waals surface area (Å²) in [6.45, 7) is 0.286. The Morgan fingerprint density at radius 3 is 2.83 bits per heavy atom. The summed E-state index contributed by atoms with van der Waals surface area (Å²) < 4.78 is 15.6. The molecule has 2 aromatic rings. The highest BCUT2D eigenvalue weighted by molar-refractivity contribution is 7.17. The predicted molar refractivity (Wildman–Crippen MR) is 106 cm³/mol. The molecule has 1 amide bonds. The van der Waals surface area contributed by atoms with Gasteiger partial charge in [-0.15, -0.1) is 11.3 Å². The lowest BCUT2D eigenvalue weighted by molar-refractivity contribution is -0.113. The maximum absolute atomic E-state index is 13.0. The van der Waals surface area contributed by atoms with Crippen LogP contribution in [-0.2, 0) is 27.1 Å². The molecule has 1 fully saturated rings. The Kier molecular flexibility index (Phi) is 5.03. The summed E-state index contributed by atoms with van der Waals surface area (Å²) in [5, 5.41) is 16.7. The van der Waals surface area contributed by atoms with E-state index in [1.165, 1.54) is 16.2 Å². The van der Waals surface area contributed by atoms with Crippen LogP contribution in [0.25, 0.3) is 11.5 Å². The number of ether oxygens (including phenoxy) is 2. The van der Waals surface area contributed by atoms with E-state index in [0.29, 0.717) is 23.4 Å². The number of thiophene rings is 1. The Morgan fingerprint density at radius 2 is 2.03 bits per heavy atom. The highest BCUT2D eigenvalue weighted by atomic mass is 32.1. The molecule has 10 heteroatoms. The van der Waals surface area contributed by atoms with Crippen LogP contribution in [-0.4, -0.2) is 40.5 Å². The third-order valence-corrected chi connectivity index (χ3v) is 6.75. The number of amides is 1. The van der Waals surface area contributed by atoms with E-state index in [1.54, 1.807) is 0 Å². The first-order valence-corrected chi connectivity index (χ1v) is 10.9. The maximum Gasteiger partial charge on any atom is 0.511 e. The van der Waals surface area contributed by atoms with Crippen molar-refractivity contribution < 1.29 is 28.7 Å². The van der Waals surface area contributed by atoms with E-state index in [1.807, 2.05) is 0 Å². The summed E-state index contributed by atoms with van der Waals surface area (Å²) >= 11 is 1.53. The van der Waals surface area contributed by atoms with E-state index in [4.69, 9.17) is 19.1 Å². The first kappa shape index (κ1) is 19.3. The molecule has 2 aromatic heterocycles. The molecule has 1 aliphatic heterocycles. The first-order valence-electron chi connectivity index (χ1n) is 10.1. The number of rotatable bonds is 5. The van der Waals surface area contributed by atoms with Gasteiger partial charge in [-0.2, -0.15) is 4.98 Å². The molecule has 9 nitrogen and oxygen atoms in total. The van der Waals surface area contributed by atoms with Crippen molar-refractivity contribution in [2.75, 3.05) is 18.5 Å². The van der Waals surface area contributed by atoms with Gasteiger partial charge in [0.05, 0.1) is 17.7 Å². The molecule has 2 N–H and O–H groups in total. The molecule has 0 unspecified atom stereocenters. The summed E-state index contributed by atoms with van der Waals surface area (Å²) in [5.41, 5.74) is 2.25. The fraction of sp³-hybridized carbons (Fsp3) is 0.500. The summed E-state index contributed by atoms with van der Waals surface area (Å²) in [4.78, 5) is 29.8. The van der Waals surface area contributed by atoms with Gasteiger partial charge >= 0.3 is 6.16 Å². The Bertz CT molecular complexity index is 1040. The van der Waals surface area contributed by atoms with Gasteiger partial charge in [0.1, 0.15) is 17.4 Å². The van der Waals surface area contributed by atoms with Crippen molar-refractivity contribution >= 4 is 28.4 Å². The average Bonchev–Trinajstić information content (AvgIpc) is 3.35. The van der Waals surface area contributed by atoms with Crippen LogP contribution in [0.2, 0.25) is 0 Å². The molecule has 0 aromatic carbocycles. The van der Waals surface area contributed by atoms with E-state index in [9.17, 15) is 9.59 Å². The molecule has 1 saturated carbocycles.